The number of nitrogens with two attached hydrogens (primary N) is 1. The molecule has 0 unspecified atom stereocenters. The van der Waals surface area contributed by atoms with Crippen LogP contribution < -0.4 is 5.73 Å². The fraction of sp³-hybridized carbons (Fsp3) is 0.923. The maximum absolute atomic E-state index is 11.2. The number of fused-ring (bicyclic) bond motifs is 3. The minimum absolute atomic E-state index is 0.482. The number of hydrogen-bond donors (Lipinski definition) is 2. The van der Waals surface area contributed by atoms with Gasteiger partial charge in [0.15, 0.2) is 17.9 Å². The van der Waals surface area contributed by atoms with E-state index in [0.29, 0.717) is 0 Å². The smallest absolute Gasteiger partial charge is 0.323 e. The topological polar surface area (TPSA) is 109 Å². The Kier molecular flexibility index (Phi) is 3.32. The molecule has 0 aromatic rings. The fourth-order valence-corrected chi connectivity index (χ4v) is 3.07. The van der Waals surface area contributed by atoms with Gasteiger partial charge in [0.05, 0.1) is 0 Å². The lowest BCUT2D eigenvalue weighted by molar-refractivity contribution is -0.238. The Bertz CT molecular complexity index is 452. The molecule has 0 spiro atoms. The summed E-state index contributed by atoms with van der Waals surface area (Å²) < 4.78 is 28.8. The van der Waals surface area contributed by atoms with Crippen LogP contribution in [0.2, 0.25) is 0 Å². The van der Waals surface area contributed by atoms with Crippen LogP contribution in [-0.2, 0) is 28.5 Å². The Morgan fingerprint density at radius 2 is 1.52 bits per heavy atom. The third kappa shape index (κ3) is 2.56. The van der Waals surface area contributed by atoms with Crippen LogP contribution in [-0.4, -0.2) is 59.4 Å². The third-order valence-corrected chi connectivity index (χ3v) is 3.83. The first kappa shape index (κ1) is 15.1. The van der Waals surface area contributed by atoms with Crippen LogP contribution in [0.5, 0.6) is 0 Å². The van der Waals surface area contributed by atoms with E-state index in [0.717, 1.165) is 0 Å². The van der Waals surface area contributed by atoms with Gasteiger partial charge in [0.2, 0.25) is 0 Å². The first-order valence-electron chi connectivity index (χ1n) is 6.95. The Morgan fingerprint density at radius 1 is 1.00 bits per heavy atom. The van der Waals surface area contributed by atoms with E-state index in [9.17, 15) is 4.79 Å². The Morgan fingerprint density at radius 3 is 2.14 bits per heavy atom. The number of carboxylic acids is 1. The summed E-state index contributed by atoms with van der Waals surface area (Å²) >= 11 is 0. The van der Waals surface area contributed by atoms with Gasteiger partial charge in [-0.1, -0.05) is 0 Å². The molecule has 0 aromatic carbocycles. The minimum atomic E-state index is -1.23. The first-order valence-corrected chi connectivity index (χ1v) is 6.95. The molecule has 6 atom stereocenters. The summed E-state index contributed by atoms with van der Waals surface area (Å²) in [6.07, 6.45) is -3.19. The molecular weight excluding hydrogens is 282 g/mol. The molecule has 3 N–H and O–H groups in total. The molecular formula is C13H21NO7. The van der Waals surface area contributed by atoms with Crippen molar-refractivity contribution in [2.24, 2.45) is 5.73 Å². The summed E-state index contributed by atoms with van der Waals surface area (Å²) in [5, 5.41) is 9.15. The molecule has 8 nitrogen and oxygen atoms in total. The van der Waals surface area contributed by atoms with E-state index < -0.39 is 54.3 Å². The number of aliphatic carboxylic acids is 1. The molecule has 0 saturated carbocycles. The van der Waals surface area contributed by atoms with E-state index in [1.165, 1.54) is 0 Å². The van der Waals surface area contributed by atoms with Gasteiger partial charge in [0.1, 0.15) is 30.5 Å². The molecule has 3 fully saturated rings. The highest BCUT2D eigenvalue weighted by Crippen LogP contribution is 2.44. The highest BCUT2D eigenvalue weighted by Gasteiger charge is 2.62. The van der Waals surface area contributed by atoms with Crippen molar-refractivity contribution in [1.82, 2.24) is 0 Å². The molecule has 0 aromatic heterocycles. The van der Waals surface area contributed by atoms with Gasteiger partial charge in [0, 0.05) is 0 Å². The van der Waals surface area contributed by atoms with E-state index >= 15 is 0 Å². The van der Waals surface area contributed by atoms with E-state index in [1.54, 1.807) is 27.7 Å². The summed E-state index contributed by atoms with van der Waals surface area (Å²) in [4.78, 5) is 11.2. The van der Waals surface area contributed by atoms with Gasteiger partial charge in [-0.2, -0.15) is 0 Å². The average Bonchev–Trinajstić information content (AvgIpc) is 2.81. The SMILES string of the molecule is CC1(C)O[C@@H]2[C@H](O1)[C@H]1OC(C)(C)O[C@H]1O[C@@H]2[C@H](N)C(=O)O. The molecule has 21 heavy (non-hydrogen) atoms. The van der Waals surface area contributed by atoms with Gasteiger partial charge in [-0.25, -0.2) is 0 Å². The molecule has 0 radical (unpaired) electrons. The lowest BCUT2D eigenvalue weighted by atomic mass is 9.94. The Labute approximate surface area is 122 Å². The number of rotatable bonds is 2. The molecule has 0 bridgehead atoms. The second-order valence-electron chi connectivity index (χ2n) is 6.50. The van der Waals surface area contributed by atoms with Crippen molar-refractivity contribution < 1.29 is 33.6 Å². The van der Waals surface area contributed by atoms with Crippen molar-refractivity contribution >= 4 is 5.97 Å². The van der Waals surface area contributed by atoms with Gasteiger partial charge in [-0.15, -0.1) is 0 Å². The quantitative estimate of drug-likeness (QED) is 0.721. The zero-order valence-corrected chi connectivity index (χ0v) is 12.4. The molecule has 3 rings (SSSR count). The number of ether oxygens (including phenoxy) is 5. The van der Waals surface area contributed by atoms with Crippen LogP contribution >= 0.6 is 0 Å². The average molecular weight is 303 g/mol. The zero-order chi connectivity index (χ0) is 15.6. The minimum Gasteiger partial charge on any atom is -0.480 e. The van der Waals surface area contributed by atoms with Crippen molar-refractivity contribution in [1.29, 1.82) is 0 Å². The van der Waals surface area contributed by atoms with Crippen LogP contribution in [0.3, 0.4) is 0 Å². The van der Waals surface area contributed by atoms with Gasteiger partial charge in [0.25, 0.3) is 0 Å². The van der Waals surface area contributed by atoms with Crippen LogP contribution in [0.4, 0.5) is 0 Å². The number of carbonyl (C=O) groups is 1. The van der Waals surface area contributed by atoms with E-state index in [1.807, 2.05) is 0 Å². The molecule has 0 amide bonds. The van der Waals surface area contributed by atoms with Crippen molar-refractivity contribution in [2.45, 2.75) is 76.0 Å². The van der Waals surface area contributed by atoms with Gasteiger partial charge < -0.3 is 34.5 Å². The van der Waals surface area contributed by atoms with Crippen molar-refractivity contribution in [3.8, 4) is 0 Å². The standard InChI is InChI=1S/C13H21NO7/c1-12(2)18-7-6(5(14)10(15)16)17-11-9(8(7)19-12)20-13(3,4)21-11/h5-9,11H,14H2,1-4H3,(H,15,16)/t5-,6+,7-,8-,9+,11+/m0/s1. The lowest BCUT2D eigenvalue weighted by Gasteiger charge is -2.38. The third-order valence-electron chi connectivity index (χ3n) is 3.83. The summed E-state index contributed by atoms with van der Waals surface area (Å²) in [7, 11) is 0. The summed E-state index contributed by atoms with van der Waals surface area (Å²) in [6, 6.07) is -1.23. The van der Waals surface area contributed by atoms with E-state index in [2.05, 4.69) is 0 Å². The summed E-state index contributed by atoms with van der Waals surface area (Å²) in [5.41, 5.74) is 5.73. The predicted octanol–water partition coefficient (Wildman–Crippen LogP) is -0.205. The van der Waals surface area contributed by atoms with Crippen LogP contribution in [0.25, 0.3) is 0 Å². The molecule has 3 heterocycles. The second-order valence-corrected chi connectivity index (χ2v) is 6.50. The molecule has 3 aliphatic heterocycles. The van der Waals surface area contributed by atoms with Crippen LogP contribution in [0.1, 0.15) is 27.7 Å². The van der Waals surface area contributed by atoms with Crippen LogP contribution in [0.15, 0.2) is 0 Å². The molecule has 120 valence electrons. The zero-order valence-electron chi connectivity index (χ0n) is 12.4. The molecule has 0 aliphatic carbocycles. The number of hydrogen-bond acceptors (Lipinski definition) is 7. The molecule has 3 saturated heterocycles. The van der Waals surface area contributed by atoms with Crippen molar-refractivity contribution in [2.75, 3.05) is 0 Å². The van der Waals surface area contributed by atoms with E-state index in [-0.39, 0.29) is 0 Å². The molecule has 3 aliphatic rings. The van der Waals surface area contributed by atoms with Gasteiger partial charge >= 0.3 is 5.97 Å². The maximum Gasteiger partial charge on any atom is 0.323 e. The van der Waals surface area contributed by atoms with Gasteiger partial charge in [-0.3, -0.25) is 4.79 Å². The Hall–Kier alpha value is -0.770. The number of carboxylic acid groups (broad SMARTS) is 1. The normalized spacial score (nSPS) is 44.9. The molecule has 8 heteroatoms. The first-order chi connectivity index (χ1) is 9.60. The van der Waals surface area contributed by atoms with Crippen molar-refractivity contribution in [3.05, 3.63) is 0 Å². The summed E-state index contributed by atoms with van der Waals surface area (Å²) in [6.45, 7) is 7.03. The highest BCUT2D eigenvalue weighted by molar-refractivity contribution is 5.74. The van der Waals surface area contributed by atoms with Gasteiger partial charge in [-0.05, 0) is 27.7 Å². The van der Waals surface area contributed by atoms with Crippen molar-refractivity contribution in [3.63, 3.8) is 0 Å². The Balaban J connectivity index is 1.90. The van der Waals surface area contributed by atoms with E-state index in [4.69, 9.17) is 34.5 Å². The monoisotopic (exact) mass is 303 g/mol. The maximum atomic E-state index is 11.2. The predicted molar refractivity (Wildman–Crippen MR) is 68.1 cm³/mol. The summed E-state index contributed by atoms with van der Waals surface area (Å²) in [5.74, 6) is -2.86. The largest absolute Gasteiger partial charge is 0.480 e. The van der Waals surface area contributed by atoms with Crippen LogP contribution in [0, 0.1) is 0 Å². The fourth-order valence-electron chi connectivity index (χ4n) is 3.07. The lowest BCUT2D eigenvalue weighted by Crippen LogP contribution is -2.61. The highest BCUT2D eigenvalue weighted by atomic mass is 16.9. The second kappa shape index (κ2) is 4.61.